The standard InChI is InChI=1S/C13H14N4O3/c14-12-10(13(20)15-7-11(18)19)6-16-17(12)8-9-4-2-1-3-5-9/h1-6H,7-8,14H2,(H,15,20)(H,18,19). The molecule has 2 rings (SSSR count). The van der Waals surface area contributed by atoms with Crippen LogP contribution in [0.2, 0.25) is 0 Å². The van der Waals surface area contributed by atoms with Crippen LogP contribution in [0.25, 0.3) is 0 Å². The van der Waals surface area contributed by atoms with Crippen molar-refractivity contribution >= 4 is 17.7 Å². The van der Waals surface area contributed by atoms with Crippen LogP contribution in [0.15, 0.2) is 36.5 Å². The molecule has 0 bridgehead atoms. The number of carbonyl (C=O) groups is 2. The highest BCUT2D eigenvalue weighted by atomic mass is 16.4. The first-order valence-electron chi connectivity index (χ1n) is 5.93. The second kappa shape index (κ2) is 5.87. The van der Waals surface area contributed by atoms with E-state index >= 15 is 0 Å². The minimum absolute atomic E-state index is 0.169. The molecule has 20 heavy (non-hydrogen) atoms. The van der Waals surface area contributed by atoms with Crippen molar-refractivity contribution in [2.24, 2.45) is 0 Å². The lowest BCUT2D eigenvalue weighted by Crippen LogP contribution is -2.29. The van der Waals surface area contributed by atoms with Crippen molar-refractivity contribution in [3.8, 4) is 0 Å². The van der Waals surface area contributed by atoms with E-state index in [1.165, 1.54) is 10.9 Å². The van der Waals surface area contributed by atoms with Crippen LogP contribution in [0.1, 0.15) is 15.9 Å². The van der Waals surface area contributed by atoms with Crippen LogP contribution in [0.4, 0.5) is 5.82 Å². The van der Waals surface area contributed by atoms with Crippen molar-refractivity contribution < 1.29 is 14.7 Å². The Hall–Kier alpha value is -2.83. The van der Waals surface area contributed by atoms with Crippen LogP contribution in [0, 0.1) is 0 Å². The minimum Gasteiger partial charge on any atom is -0.480 e. The number of benzene rings is 1. The van der Waals surface area contributed by atoms with E-state index in [0.29, 0.717) is 6.54 Å². The number of aliphatic carboxylic acids is 1. The number of amides is 1. The molecule has 1 aromatic carbocycles. The summed E-state index contributed by atoms with van der Waals surface area (Å²) in [5.74, 6) is -1.46. The van der Waals surface area contributed by atoms with E-state index < -0.39 is 18.4 Å². The molecule has 0 aliphatic rings. The Balaban J connectivity index is 2.11. The Bertz CT molecular complexity index is 622. The number of carboxylic acids is 1. The van der Waals surface area contributed by atoms with Crippen LogP contribution in [-0.4, -0.2) is 33.3 Å². The van der Waals surface area contributed by atoms with Gasteiger partial charge >= 0.3 is 5.97 Å². The number of carboxylic acid groups (broad SMARTS) is 1. The zero-order valence-corrected chi connectivity index (χ0v) is 10.6. The van der Waals surface area contributed by atoms with Gasteiger partial charge in [0, 0.05) is 0 Å². The predicted molar refractivity (Wildman–Crippen MR) is 72.2 cm³/mol. The maximum absolute atomic E-state index is 11.7. The normalized spacial score (nSPS) is 10.2. The van der Waals surface area contributed by atoms with Crippen LogP contribution >= 0.6 is 0 Å². The number of aromatic nitrogens is 2. The first-order valence-corrected chi connectivity index (χ1v) is 5.93. The monoisotopic (exact) mass is 274 g/mol. The quantitative estimate of drug-likeness (QED) is 0.727. The number of nitrogen functional groups attached to an aromatic ring is 1. The van der Waals surface area contributed by atoms with Gasteiger partial charge in [0.15, 0.2) is 0 Å². The van der Waals surface area contributed by atoms with Gasteiger partial charge in [0.25, 0.3) is 5.91 Å². The maximum Gasteiger partial charge on any atom is 0.322 e. The van der Waals surface area contributed by atoms with Crippen molar-refractivity contribution in [1.82, 2.24) is 15.1 Å². The summed E-state index contributed by atoms with van der Waals surface area (Å²) in [4.78, 5) is 22.1. The largest absolute Gasteiger partial charge is 0.480 e. The fourth-order valence-corrected chi connectivity index (χ4v) is 1.70. The van der Waals surface area contributed by atoms with E-state index in [4.69, 9.17) is 10.8 Å². The molecule has 7 nitrogen and oxygen atoms in total. The van der Waals surface area contributed by atoms with Gasteiger partial charge in [-0.05, 0) is 5.56 Å². The van der Waals surface area contributed by atoms with E-state index in [-0.39, 0.29) is 11.4 Å². The topological polar surface area (TPSA) is 110 Å². The Labute approximate surface area is 115 Å². The Kier molecular flexibility index (Phi) is 3.99. The van der Waals surface area contributed by atoms with Crippen LogP contribution < -0.4 is 11.1 Å². The summed E-state index contributed by atoms with van der Waals surface area (Å²) < 4.78 is 1.49. The summed E-state index contributed by atoms with van der Waals surface area (Å²) in [6, 6.07) is 9.54. The first-order chi connectivity index (χ1) is 9.58. The summed E-state index contributed by atoms with van der Waals surface area (Å²) >= 11 is 0. The van der Waals surface area contributed by atoms with E-state index in [9.17, 15) is 9.59 Å². The van der Waals surface area contributed by atoms with Gasteiger partial charge in [-0.3, -0.25) is 9.59 Å². The third-order valence-corrected chi connectivity index (χ3v) is 2.70. The minimum atomic E-state index is -1.12. The number of carbonyl (C=O) groups excluding carboxylic acids is 1. The summed E-state index contributed by atoms with van der Waals surface area (Å²) in [6.45, 7) is -0.0129. The Morgan fingerprint density at radius 1 is 1.30 bits per heavy atom. The highest BCUT2D eigenvalue weighted by molar-refractivity contribution is 5.99. The molecule has 0 saturated carbocycles. The Morgan fingerprint density at radius 3 is 2.65 bits per heavy atom. The second-order valence-electron chi connectivity index (χ2n) is 4.16. The molecular formula is C13H14N4O3. The lowest BCUT2D eigenvalue weighted by molar-refractivity contribution is -0.135. The molecule has 0 atom stereocenters. The zero-order chi connectivity index (χ0) is 14.5. The number of hydrogen-bond donors (Lipinski definition) is 3. The van der Waals surface area contributed by atoms with E-state index in [0.717, 1.165) is 5.56 Å². The lowest BCUT2D eigenvalue weighted by Gasteiger charge is -2.05. The molecule has 0 radical (unpaired) electrons. The van der Waals surface area contributed by atoms with Crippen molar-refractivity contribution in [3.63, 3.8) is 0 Å². The summed E-state index contributed by atoms with van der Waals surface area (Å²) in [5, 5.41) is 14.8. The molecule has 1 heterocycles. The summed E-state index contributed by atoms with van der Waals surface area (Å²) in [7, 11) is 0. The highest BCUT2D eigenvalue weighted by Crippen LogP contribution is 2.13. The fraction of sp³-hybridized carbons (Fsp3) is 0.154. The molecule has 104 valence electrons. The van der Waals surface area contributed by atoms with Crippen LogP contribution in [0.5, 0.6) is 0 Å². The molecule has 7 heteroatoms. The molecule has 4 N–H and O–H groups in total. The summed E-state index contributed by atoms with van der Waals surface area (Å²) in [6.07, 6.45) is 1.33. The molecule has 0 fully saturated rings. The van der Waals surface area contributed by atoms with Gasteiger partial charge < -0.3 is 16.2 Å². The average molecular weight is 274 g/mol. The number of anilines is 1. The number of nitrogens with one attached hydrogen (secondary N) is 1. The molecule has 0 aliphatic carbocycles. The van der Waals surface area contributed by atoms with Gasteiger partial charge in [0.2, 0.25) is 0 Å². The third kappa shape index (κ3) is 3.14. The second-order valence-corrected chi connectivity index (χ2v) is 4.16. The third-order valence-electron chi connectivity index (χ3n) is 2.70. The van der Waals surface area contributed by atoms with Crippen molar-refractivity contribution in [3.05, 3.63) is 47.7 Å². The highest BCUT2D eigenvalue weighted by Gasteiger charge is 2.15. The maximum atomic E-state index is 11.7. The molecule has 0 unspecified atom stereocenters. The molecule has 0 aliphatic heterocycles. The molecule has 2 aromatic rings. The summed E-state index contributed by atoms with van der Waals surface area (Å²) in [5.41, 5.74) is 7.02. The van der Waals surface area contributed by atoms with Gasteiger partial charge in [-0.25, -0.2) is 4.68 Å². The number of rotatable bonds is 5. The van der Waals surface area contributed by atoms with Crippen molar-refractivity contribution in [2.45, 2.75) is 6.54 Å². The van der Waals surface area contributed by atoms with E-state index in [2.05, 4.69) is 10.4 Å². The first kappa shape index (κ1) is 13.6. The molecule has 0 saturated heterocycles. The van der Waals surface area contributed by atoms with E-state index in [1.807, 2.05) is 30.3 Å². The molecule has 1 aromatic heterocycles. The van der Waals surface area contributed by atoms with Gasteiger partial charge in [-0.1, -0.05) is 30.3 Å². The smallest absolute Gasteiger partial charge is 0.322 e. The Morgan fingerprint density at radius 2 is 2.00 bits per heavy atom. The molecular weight excluding hydrogens is 260 g/mol. The SMILES string of the molecule is Nc1c(C(=O)NCC(=O)O)cnn1Cc1ccccc1. The zero-order valence-electron chi connectivity index (χ0n) is 10.6. The van der Waals surface area contributed by atoms with Gasteiger partial charge in [-0.15, -0.1) is 0 Å². The predicted octanol–water partition coefficient (Wildman–Crippen LogP) is 0.328. The van der Waals surface area contributed by atoms with Crippen LogP contribution in [-0.2, 0) is 11.3 Å². The van der Waals surface area contributed by atoms with E-state index in [1.54, 1.807) is 0 Å². The van der Waals surface area contributed by atoms with Gasteiger partial charge in [-0.2, -0.15) is 5.10 Å². The number of nitrogens with zero attached hydrogens (tertiary/aromatic N) is 2. The fourth-order valence-electron chi connectivity index (χ4n) is 1.70. The molecule has 0 spiro atoms. The van der Waals surface area contributed by atoms with Gasteiger partial charge in [0.05, 0.1) is 12.7 Å². The average Bonchev–Trinajstić information content (AvgIpc) is 2.79. The molecule has 1 amide bonds. The van der Waals surface area contributed by atoms with Gasteiger partial charge in [0.1, 0.15) is 17.9 Å². The van der Waals surface area contributed by atoms with Crippen LogP contribution in [0.3, 0.4) is 0 Å². The van der Waals surface area contributed by atoms with Crippen molar-refractivity contribution in [1.29, 1.82) is 0 Å². The lowest BCUT2D eigenvalue weighted by atomic mass is 10.2. The number of hydrogen-bond acceptors (Lipinski definition) is 4. The number of nitrogens with two attached hydrogens (primary N) is 1. The van der Waals surface area contributed by atoms with Crippen molar-refractivity contribution in [2.75, 3.05) is 12.3 Å².